The number of aryl methyl sites for hydroxylation is 2. The highest BCUT2D eigenvalue weighted by Crippen LogP contribution is 2.23. The number of benzene rings is 1. The molecule has 1 N–H and O–H groups in total. The van der Waals surface area contributed by atoms with Crippen LogP contribution in [0.25, 0.3) is 17.2 Å². The predicted octanol–water partition coefficient (Wildman–Crippen LogP) is 2.37. The molecular formula is C18H21N5O. The van der Waals surface area contributed by atoms with Gasteiger partial charge in [0.05, 0.1) is 18.0 Å². The van der Waals surface area contributed by atoms with Crippen molar-refractivity contribution in [3.05, 3.63) is 53.9 Å². The number of nitrogens with zero attached hydrogens (tertiary/aromatic N) is 5. The van der Waals surface area contributed by atoms with Crippen LogP contribution in [0.2, 0.25) is 0 Å². The molecule has 0 aliphatic rings. The molecule has 3 aromatic rings. The summed E-state index contributed by atoms with van der Waals surface area (Å²) in [4.78, 5) is 11.2. The first kappa shape index (κ1) is 16.1. The van der Waals surface area contributed by atoms with E-state index in [0.29, 0.717) is 12.5 Å². The summed E-state index contributed by atoms with van der Waals surface area (Å²) in [6, 6.07) is 13.9. The average Bonchev–Trinajstić information content (AvgIpc) is 2.94. The van der Waals surface area contributed by atoms with Crippen molar-refractivity contribution in [1.82, 2.24) is 19.7 Å². The summed E-state index contributed by atoms with van der Waals surface area (Å²) >= 11 is 0. The second-order valence-electron chi connectivity index (χ2n) is 5.76. The van der Waals surface area contributed by atoms with Crippen molar-refractivity contribution in [1.29, 1.82) is 0 Å². The fourth-order valence-corrected chi connectivity index (χ4v) is 2.57. The Morgan fingerprint density at radius 3 is 2.46 bits per heavy atom. The predicted molar refractivity (Wildman–Crippen MR) is 94.4 cm³/mol. The highest BCUT2D eigenvalue weighted by atomic mass is 16.3. The molecule has 3 rings (SSSR count). The molecule has 0 atom stereocenters. The molecule has 2 heterocycles. The molecule has 0 unspecified atom stereocenters. The summed E-state index contributed by atoms with van der Waals surface area (Å²) in [6.07, 6.45) is 0. The third kappa shape index (κ3) is 3.28. The number of hydrogen-bond donors (Lipinski definition) is 1. The molecule has 0 aliphatic carbocycles. The van der Waals surface area contributed by atoms with E-state index >= 15 is 0 Å². The maximum Gasteiger partial charge on any atom is 0.253 e. The van der Waals surface area contributed by atoms with Crippen LogP contribution in [0.4, 0.5) is 5.82 Å². The van der Waals surface area contributed by atoms with E-state index in [0.717, 1.165) is 28.5 Å². The van der Waals surface area contributed by atoms with Gasteiger partial charge in [-0.1, -0.05) is 30.3 Å². The smallest absolute Gasteiger partial charge is 0.253 e. The Kier molecular flexibility index (Phi) is 4.57. The Morgan fingerprint density at radius 1 is 1.08 bits per heavy atom. The van der Waals surface area contributed by atoms with Crippen LogP contribution in [-0.4, -0.2) is 45.1 Å². The van der Waals surface area contributed by atoms with E-state index in [1.165, 1.54) is 0 Å². The molecule has 24 heavy (non-hydrogen) atoms. The maximum atomic E-state index is 9.22. The van der Waals surface area contributed by atoms with Crippen LogP contribution < -0.4 is 4.90 Å². The summed E-state index contributed by atoms with van der Waals surface area (Å²) in [5, 5.41) is 13.7. The van der Waals surface area contributed by atoms with Gasteiger partial charge in [-0.2, -0.15) is 10.1 Å². The molecule has 0 saturated carbocycles. The Morgan fingerprint density at radius 2 is 1.83 bits per heavy atom. The summed E-state index contributed by atoms with van der Waals surface area (Å²) in [5.41, 5.74) is 3.74. The maximum absolute atomic E-state index is 9.22. The quantitative estimate of drug-likeness (QED) is 0.781. The lowest BCUT2D eigenvalue weighted by Gasteiger charge is -2.18. The summed E-state index contributed by atoms with van der Waals surface area (Å²) in [5.74, 6) is 1.28. The zero-order valence-electron chi connectivity index (χ0n) is 14.1. The van der Waals surface area contributed by atoms with Gasteiger partial charge in [-0.25, -0.2) is 9.67 Å². The van der Waals surface area contributed by atoms with Crippen molar-refractivity contribution in [3.8, 4) is 17.2 Å². The Bertz CT molecular complexity index is 829. The van der Waals surface area contributed by atoms with Crippen LogP contribution in [0.3, 0.4) is 0 Å². The second-order valence-corrected chi connectivity index (χ2v) is 5.76. The number of hydrogen-bond acceptors (Lipinski definition) is 5. The van der Waals surface area contributed by atoms with Gasteiger partial charge >= 0.3 is 0 Å². The van der Waals surface area contributed by atoms with Crippen molar-refractivity contribution in [2.45, 2.75) is 13.8 Å². The summed E-state index contributed by atoms with van der Waals surface area (Å²) in [7, 11) is 1.90. The molecule has 0 amide bonds. The van der Waals surface area contributed by atoms with Crippen molar-refractivity contribution < 1.29 is 5.11 Å². The van der Waals surface area contributed by atoms with Gasteiger partial charge in [0.25, 0.3) is 5.95 Å². The van der Waals surface area contributed by atoms with Crippen LogP contribution in [0.5, 0.6) is 0 Å². The molecule has 6 nitrogen and oxygen atoms in total. The van der Waals surface area contributed by atoms with E-state index < -0.39 is 0 Å². The van der Waals surface area contributed by atoms with Gasteiger partial charge < -0.3 is 10.0 Å². The van der Waals surface area contributed by atoms with E-state index in [9.17, 15) is 5.11 Å². The number of aliphatic hydroxyl groups is 1. The van der Waals surface area contributed by atoms with Crippen molar-refractivity contribution in [3.63, 3.8) is 0 Å². The molecule has 0 aliphatic heterocycles. The van der Waals surface area contributed by atoms with Gasteiger partial charge in [-0.3, -0.25) is 0 Å². The lowest BCUT2D eigenvalue weighted by atomic mass is 10.1. The largest absolute Gasteiger partial charge is 0.395 e. The van der Waals surface area contributed by atoms with Gasteiger partial charge in [-0.15, -0.1) is 0 Å². The van der Waals surface area contributed by atoms with E-state index in [1.54, 1.807) is 4.68 Å². The molecule has 2 aromatic heterocycles. The number of rotatable bonds is 5. The SMILES string of the molecule is Cc1cc(C)n(-c2nc(-c3ccccc3)cc(N(C)CCO)n2)n1. The monoisotopic (exact) mass is 323 g/mol. The fraction of sp³-hybridized carbons (Fsp3) is 0.278. The zero-order chi connectivity index (χ0) is 17.1. The fourth-order valence-electron chi connectivity index (χ4n) is 2.57. The van der Waals surface area contributed by atoms with Crippen LogP contribution in [0.15, 0.2) is 42.5 Å². The minimum absolute atomic E-state index is 0.0659. The lowest BCUT2D eigenvalue weighted by Crippen LogP contribution is -2.23. The van der Waals surface area contributed by atoms with Crippen molar-refractivity contribution in [2.24, 2.45) is 0 Å². The first-order valence-electron chi connectivity index (χ1n) is 7.88. The minimum atomic E-state index is 0.0659. The van der Waals surface area contributed by atoms with Crippen LogP contribution in [-0.2, 0) is 0 Å². The molecule has 0 bridgehead atoms. The number of aliphatic hydroxyl groups excluding tert-OH is 1. The van der Waals surface area contributed by atoms with Gasteiger partial charge in [0, 0.05) is 30.9 Å². The molecule has 0 spiro atoms. The Labute approximate surface area is 141 Å². The molecule has 124 valence electrons. The number of likely N-dealkylation sites (N-methyl/N-ethyl adjacent to an activating group) is 1. The van der Waals surface area contributed by atoms with Crippen LogP contribution >= 0.6 is 0 Å². The Balaban J connectivity index is 2.14. The van der Waals surface area contributed by atoms with Gasteiger partial charge in [0.15, 0.2) is 0 Å². The highest BCUT2D eigenvalue weighted by Gasteiger charge is 2.13. The third-order valence-corrected chi connectivity index (χ3v) is 3.80. The zero-order valence-corrected chi connectivity index (χ0v) is 14.1. The van der Waals surface area contributed by atoms with E-state index in [1.807, 2.05) is 68.3 Å². The molecule has 1 aromatic carbocycles. The topological polar surface area (TPSA) is 67.1 Å². The first-order chi connectivity index (χ1) is 11.6. The van der Waals surface area contributed by atoms with Crippen molar-refractivity contribution in [2.75, 3.05) is 25.1 Å². The van der Waals surface area contributed by atoms with Crippen LogP contribution in [0, 0.1) is 13.8 Å². The van der Waals surface area contributed by atoms with E-state index in [-0.39, 0.29) is 6.61 Å². The van der Waals surface area contributed by atoms with E-state index in [2.05, 4.69) is 10.1 Å². The summed E-state index contributed by atoms with van der Waals surface area (Å²) in [6.45, 7) is 4.50. The minimum Gasteiger partial charge on any atom is -0.395 e. The normalized spacial score (nSPS) is 10.8. The number of aromatic nitrogens is 4. The van der Waals surface area contributed by atoms with Gasteiger partial charge in [0.1, 0.15) is 5.82 Å². The lowest BCUT2D eigenvalue weighted by molar-refractivity contribution is 0.304. The molecular weight excluding hydrogens is 302 g/mol. The van der Waals surface area contributed by atoms with Gasteiger partial charge in [-0.05, 0) is 19.9 Å². The highest BCUT2D eigenvalue weighted by molar-refractivity contribution is 5.63. The Hall–Kier alpha value is -2.73. The number of anilines is 1. The molecule has 0 radical (unpaired) electrons. The first-order valence-corrected chi connectivity index (χ1v) is 7.88. The second kappa shape index (κ2) is 6.80. The molecule has 6 heteroatoms. The van der Waals surface area contributed by atoms with Crippen LogP contribution in [0.1, 0.15) is 11.4 Å². The standard InChI is InChI=1S/C18H21N5O/c1-13-11-14(2)23(21-13)18-19-16(15-7-5-4-6-8-15)12-17(20-18)22(3)9-10-24/h4-8,11-12,24H,9-10H2,1-3H3. The summed E-state index contributed by atoms with van der Waals surface area (Å²) < 4.78 is 1.75. The van der Waals surface area contributed by atoms with Gasteiger partial charge in [0.2, 0.25) is 0 Å². The van der Waals surface area contributed by atoms with E-state index in [4.69, 9.17) is 4.98 Å². The average molecular weight is 323 g/mol. The third-order valence-electron chi connectivity index (χ3n) is 3.80. The van der Waals surface area contributed by atoms with Crippen molar-refractivity contribution >= 4 is 5.82 Å². The molecule has 0 saturated heterocycles. The molecule has 0 fully saturated rings.